The monoisotopic (exact) mass is 315 g/mol. The van der Waals surface area contributed by atoms with Gasteiger partial charge in [0.1, 0.15) is 12.2 Å². The highest BCUT2D eigenvalue weighted by Crippen LogP contribution is 2.36. The van der Waals surface area contributed by atoms with E-state index in [9.17, 15) is 4.39 Å². The number of nitrogens with zero attached hydrogens (tertiary/aromatic N) is 4. The molecule has 0 amide bonds. The lowest BCUT2D eigenvalue weighted by molar-refractivity contribution is 0.573. The van der Waals surface area contributed by atoms with Gasteiger partial charge in [-0.2, -0.15) is 0 Å². The third kappa shape index (κ3) is 2.50. The van der Waals surface area contributed by atoms with Crippen molar-refractivity contribution in [3.8, 4) is 0 Å². The number of aromatic nitrogens is 4. The second-order valence-corrected chi connectivity index (χ2v) is 6.42. The van der Waals surface area contributed by atoms with Crippen LogP contribution in [-0.4, -0.2) is 26.5 Å². The number of hydrogen-bond donors (Lipinski definition) is 1. The Hall–Kier alpha value is -1.98. The summed E-state index contributed by atoms with van der Waals surface area (Å²) < 4.78 is 14.6. The Morgan fingerprint density at radius 3 is 2.96 bits per heavy atom. The van der Waals surface area contributed by atoms with Crippen molar-refractivity contribution < 1.29 is 4.39 Å². The first kappa shape index (κ1) is 14.6. The quantitative estimate of drug-likeness (QED) is 0.945. The number of halogens is 1. The van der Waals surface area contributed by atoms with Crippen LogP contribution in [-0.2, 0) is 19.3 Å². The molecule has 0 aromatic carbocycles. The highest BCUT2D eigenvalue weighted by atomic mass is 19.1. The first-order valence-electron chi connectivity index (χ1n) is 8.61. The molecule has 1 aliphatic heterocycles. The van der Waals surface area contributed by atoms with Gasteiger partial charge in [0, 0.05) is 12.2 Å². The van der Waals surface area contributed by atoms with Gasteiger partial charge >= 0.3 is 0 Å². The van der Waals surface area contributed by atoms with E-state index in [1.54, 1.807) is 0 Å². The Labute approximate surface area is 135 Å². The van der Waals surface area contributed by atoms with Gasteiger partial charge in [0.2, 0.25) is 0 Å². The predicted octanol–water partition coefficient (Wildman–Crippen LogP) is 3.12. The Kier molecular flexibility index (Phi) is 3.75. The lowest BCUT2D eigenvalue weighted by Gasteiger charge is -2.24. The van der Waals surface area contributed by atoms with Crippen molar-refractivity contribution in [3.63, 3.8) is 0 Å². The number of aryl methyl sites for hydroxylation is 3. The summed E-state index contributed by atoms with van der Waals surface area (Å²) in [5.74, 6) is 1.12. The number of hydrogen-bond acceptors (Lipinski definition) is 4. The fraction of sp³-hybridized carbons (Fsp3) is 0.588. The van der Waals surface area contributed by atoms with Crippen molar-refractivity contribution in [3.05, 3.63) is 35.1 Å². The van der Waals surface area contributed by atoms with E-state index in [0.717, 1.165) is 38.1 Å². The zero-order chi connectivity index (χ0) is 15.8. The van der Waals surface area contributed by atoms with E-state index in [0.29, 0.717) is 17.9 Å². The van der Waals surface area contributed by atoms with Crippen molar-refractivity contribution in [2.45, 2.75) is 57.9 Å². The van der Waals surface area contributed by atoms with E-state index >= 15 is 0 Å². The standard InChI is InChI=1S/C17H22FN5/c1-2-11-15(18)17(20-10-19-11)23-9-5-8-14(23)16-21-12-6-3-4-7-13(12)22-16/h10,14H,2-9H2,1H3,(H,21,22)/t14-/m1/s1. The number of anilines is 1. The van der Waals surface area contributed by atoms with E-state index < -0.39 is 0 Å². The summed E-state index contributed by atoms with van der Waals surface area (Å²) in [5, 5.41) is 0. The summed E-state index contributed by atoms with van der Waals surface area (Å²) in [5.41, 5.74) is 2.96. The smallest absolute Gasteiger partial charge is 0.187 e. The molecule has 3 heterocycles. The molecule has 1 aliphatic carbocycles. The number of rotatable bonds is 3. The lowest BCUT2D eigenvalue weighted by Crippen LogP contribution is -2.26. The molecular formula is C17H22FN5. The van der Waals surface area contributed by atoms with E-state index in [1.807, 2.05) is 6.92 Å². The number of imidazole rings is 1. The topological polar surface area (TPSA) is 57.7 Å². The zero-order valence-electron chi connectivity index (χ0n) is 13.5. The molecule has 1 N–H and O–H groups in total. The number of H-pyrrole nitrogens is 1. The molecular weight excluding hydrogens is 293 g/mol. The summed E-state index contributed by atoms with van der Waals surface area (Å²) in [6.07, 6.45) is 8.64. The summed E-state index contributed by atoms with van der Waals surface area (Å²) in [6.45, 7) is 2.73. The van der Waals surface area contributed by atoms with Crippen molar-refractivity contribution >= 4 is 5.82 Å². The molecule has 4 rings (SSSR count). The second kappa shape index (κ2) is 5.91. The summed E-state index contributed by atoms with van der Waals surface area (Å²) in [4.78, 5) is 18.6. The molecule has 0 spiro atoms. The van der Waals surface area contributed by atoms with Crippen molar-refractivity contribution in [1.29, 1.82) is 0 Å². The first-order valence-corrected chi connectivity index (χ1v) is 8.61. The van der Waals surface area contributed by atoms with Crippen LogP contribution in [0.1, 0.15) is 61.6 Å². The molecule has 0 radical (unpaired) electrons. The molecule has 0 bridgehead atoms. The Balaban J connectivity index is 1.68. The third-order valence-electron chi connectivity index (χ3n) is 4.99. The fourth-order valence-electron chi connectivity index (χ4n) is 3.78. The minimum absolute atomic E-state index is 0.0923. The maximum atomic E-state index is 14.6. The average molecular weight is 315 g/mol. The Morgan fingerprint density at radius 1 is 1.26 bits per heavy atom. The van der Waals surface area contributed by atoms with Crippen LogP contribution < -0.4 is 4.90 Å². The van der Waals surface area contributed by atoms with Crippen LogP contribution in [0.3, 0.4) is 0 Å². The van der Waals surface area contributed by atoms with Gasteiger partial charge in [-0.05, 0) is 44.9 Å². The third-order valence-corrected chi connectivity index (χ3v) is 4.99. The van der Waals surface area contributed by atoms with E-state index in [-0.39, 0.29) is 11.9 Å². The van der Waals surface area contributed by atoms with Crippen LogP contribution >= 0.6 is 0 Å². The summed E-state index contributed by atoms with van der Waals surface area (Å²) in [7, 11) is 0. The van der Waals surface area contributed by atoms with Crippen molar-refractivity contribution in [1.82, 2.24) is 19.9 Å². The average Bonchev–Trinajstić information content (AvgIpc) is 3.21. The molecule has 2 aliphatic rings. The molecule has 5 nitrogen and oxygen atoms in total. The first-order chi connectivity index (χ1) is 11.3. The molecule has 2 aromatic rings. The second-order valence-electron chi connectivity index (χ2n) is 6.42. The summed E-state index contributed by atoms with van der Waals surface area (Å²) in [6, 6.07) is 0.0923. The van der Waals surface area contributed by atoms with Crippen LogP contribution in [0.25, 0.3) is 0 Å². The van der Waals surface area contributed by atoms with E-state index in [4.69, 9.17) is 4.98 Å². The molecule has 1 fully saturated rings. The molecule has 1 atom stereocenters. The van der Waals surface area contributed by atoms with E-state index in [1.165, 1.54) is 30.6 Å². The molecule has 0 saturated carbocycles. The van der Waals surface area contributed by atoms with Crippen LogP contribution in [0.5, 0.6) is 0 Å². The summed E-state index contributed by atoms with van der Waals surface area (Å²) >= 11 is 0. The van der Waals surface area contributed by atoms with Crippen LogP contribution in [0.4, 0.5) is 10.2 Å². The molecule has 122 valence electrons. The van der Waals surface area contributed by atoms with Gasteiger partial charge in [-0.15, -0.1) is 0 Å². The predicted molar refractivity (Wildman–Crippen MR) is 85.9 cm³/mol. The highest BCUT2D eigenvalue weighted by molar-refractivity contribution is 5.44. The van der Waals surface area contributed by atoms with Crippen molar-refractivity contribution in [2.24, 2.45) is 0 Å². The van der Waals surface area contributed by atoms with Crippen LogP contribution in [0.15, 0.2) is 6.33 Å². The molecule has 0 unspecified atom stereocenters. The van der Waals surface area contributed by atoms with Gasteiger partial charge in [-0.3, -0.25) is 0 Å². The number of nitrogens with one attached hydrogen (secondary N) is 1. The van der Waals surface area contributed by atoms with E-state index in [2.05, 4.69) is 19.9 Å². The van der Waals surface area contributed by atoms with Crippen LogP contribution in [0.2, 0.25) is 0 Å². The van der Waals surface area contributed by atoms with Gasteiger partial charge in [-0.1, -0.05) is 6.92 Å². The fourth-order valence-corrected chi connectivity index (χ4v) is 3.78. The van der Waals surface area contributed by atoms with Gasteiger partial charge < -0.3 is 9.88 Å². The molecule has 2 aromatic heterocycles. The lowest BCUT2D eigenvalue weighted by atomic mass is 10.0. The molecule has 1 saturated heterocycles. The molecule has 23 heavy (non-hydrogen) atoms. The Bertz CT molecular complexity index is 688. The zero-order valence-corrected chi connectivity index (χ0v) is 13.5. The SMILES string of the molecule is CCc1ncnc(N2CCC[C@@H]2c2nc3c([nH]2)CCCC3)c1F. The van der Waals surface area contributed by atoms with Gasteiger partial charge in [0.25, 0.3) is 0 Å². The van der Waals surface area contributed by atoms with Gasteiger partial charge in [0.15, 0.2) is 11.6 Å². The van der Waals surface area contributed by atoms with Gasteiger partial charge in [-0.25, -0.2) is 19.3 Å². The highest BCUT2D eigenvalue weighted by Gasteiger charge is 2.32. The Morgan fingerprint density at radius 2 is 2.13 bits per heavy atom. The van der Waals surface area contributed by atoms with Crippen LogP contribution in [0, 0.1) is 5.82 Å². The normalized spacial score (nSPS) is 20.8. The maximum Gasteiger partial charge on any atom is 0.187 e. The molecule has 6 heteroatoms. The largest absolute Gasteiger partial charge is 0.344 e. The number of aromatic amines is 1. The number of fused-ring (bicyclic) bond motifs is 1. The minimum Gasteiger partial charge on any atom is -0.344 e. The minimum atomic E-state index is -0.279. The maximum absolute atomic E-state index is 14.6. The van der Waals surface area contributed by atoms with Gasteiger partial charge in [0.05, 0.1) is 17.4 Å². The van der Waals surface area contributed by atoms with Crippen molar-refractivity contribution in [2.75, 3.05) is 11.4 Å².